The molecule has 1 aliphatic heterocycles. The summed E-state index contributed by atoms with van der Waals surface area (Å²) >= 11 is 0. The van der Waals surface area contributed by atoms with Gasteiger partial charge in [-0.15, -0.1) is 0 Å². The second kappa shape index (κ2) is 2.21. The standard InChI is InChI=1S/C7H10O2/c1-5-3-4-7(8)6(2)9-5/h3-4H2,1-2H3. The quantitative estimate of drug-likeness (QED) is 0.435. The Labute approximate surface area is 54.5 Å². The molecule has 0 aromatic heterocycles. The van der Waals surface area contributed by atoms with Crippen molar-refractivity contribution in [3.05, 3.63) is 11.5 Å². The molecule has 0 aliphatic carbocycles. The van der Waals surface area contributed by atoms with E-state index in [0.717, 1.165) is 12.2 Å². The van der Waals surface area contributed by atoms with Crippen LogP contribution in [-0.4, -0.2) is 5.78 Å². The van der Waals surface area contributed by atoms with Gasteiger partial charge in [-0.2, -0.15) is 0 Å². The van der Waals surface area contributed by atoms with Crippen molar-refractivity contribution in [3.8, 4) is 0 Å². The largest absolute Gasteiger partial charge is 0.869 e. The van der Waals surface area contributed by atoms with Gasteiger partial charge >= 0.3 is 11.5 Å². The molecule has 0 spiro atoms. The minimum atomic E-state index is 0.139. The normalized spacial score (nSPS) is 20.0. The molecule has 0 fully saturated rings. The fraction of sp³-hybridized carbons (Fsp3) is 0.571. The molecule has 0 unspecified atom stereocenters. The van der Waals surface area contributed by atoms with Crippen molar-refractivity contribution < 1.29 is 9.53 Å². The smallest absolute Gasteiger partial charge is 0.314 e. The lowest BCUT2D eigenvalue weighted by Crippen LogP contribution is -2.14. The highest BCUT2D eigenvalue weighted by atomic mass is 16.4. The molecule has 0 aromatic carbocycles. The maximum absolute atomic E-state index is 10.8. The molecule has 0 N–H and O–H groups in total. The Morgan fingerprint density at radius 1 is 1.33 bits per heavy atom. The highest BCUT2D eigenvalue weighted by Gasteiger charge is 2.13. The highest BCUT2D eigenvalue weighted by Crippen LogP contribution is 2.09. The van der Waals surface area contributed by atoms with Gasteiger partial charge in [0.05, 0.1) is 13.3 Å². The molecule has 1 rings (SSSR count). The number of rotatable bonds is 0. The molecule has 1 aliphatic rings. The van der Waals surface area contributed by atoms with Gasteiger partial charge in [0, 0.05) is 6.92 Å². The van der Waals surface area contributed by atoms with Gasteiger partial charge in [0.15, 0.2) is 0 Å². The number of ketones is 1. The zero-order chi connectivity index (χ0) is 6.85. The summed E-state index contributed by atoms with van der Waals surface area (Å²) in [6.07, 6.45) is 1.41. The van der Waals surface area contributed by atoms with Crippen LogP contribution in [0.15, 0.2) is 11.5 Å². The van der Waals surface area contributed by atoms with Crippen molar-refractivity contribution in [1.82, 2.24) is 0 Å². The van der Waals surface area contributed by atoms with Crippen LogP contribution in [0.1, 0.15) is 26.7 Å². The van der Waals surface area contributed by atoms with Gasteiger partial charge < -0.3 is 5.11 Å². The van der Waals surface area contributed by atoms with E-state index < -0.39 is 0 Å². The first-order valence-corrected chi connectivity index (χ1v) is 3.07. The Morgan fingerprint density at radius 2 is 2.00 bits per heavy atom. The van der Waals surface area contributed by atoms with Crippen LogP contribution in [0.4, 0.5) is 0 Å². The molecular weight excluding hydrogens is 116 g/mol. The summed E-state index contributed by atoms with van der Waals surface area (Å²) in [4.78, 5) is 0. The first-order valence-electron chi connectivity index (χ1n) is 3.07. The maximum Gasteiger partial charge on any atom is 0.314 e. The Kier molecular flexibility index (Phi) is 1.56. The summed E-state index contributed by atoms with van der Waals surface area (Å²) in [6, 6.07) is 0. The molecule has 0 radical (unpaired) electrons. The lowest BCUT2D eigenvalue weighted by molar-refractivity contribution is -0.427. The van der Waals surface area contributed by atoms with Crippen molar-refractivity contribution in [1.29, 1.82) is 0 Å². The summed E-state index contributed by atoms with van der Waals surface area (Å²) in [5.41, 5.74) is 0. The minimum absolute atomic E-state index is 0.139. The maximum atomic E-state index is 10.8. The van der Waals surface area contributed by atoms with Crippen molar-refractivity contribution in [3.63, 3.8) is 0 Å². The molecule has 0 saturated carbocycles. The second-order valence-electron chi connectivity index (χ2n) is 2.28. The summed E-state index contributed by atoms with van der Waals surface area (Å²) in [5.74, 6) is 1.63. The summed E-state index contributed by atoms with van der Waals surface area (Å²) < 4.78 is 5.08. The Balaban J connectivity index is 2.83. The second-order valence-corrected chi connectivity index (χ2v) is 2.28. The van der Waals surface area contributed by atoms with E-state index in [1.807, 2.05) is 6.92 Å². The van der Waals surface area contributed by atoms with Gasteiger partial charge in [-0.25, -0.2) is 4.42 Å². The van der Waals surface area contributed by atoms with Gasteiger partial charge in [-0.05, 0) is 12.2 Å². The zero-order valence-electron chi connectivity index (χ0n) is 5.73. The van der Waals surface area contributed by atoms with Crippen LogP contribution in [0.3, 0.4) is 0 Å². The van der Waals surface area contributed by atoms with Crippen molar-refractivity contribution in [2.45, 2.75) is 26.7 Å². The van der Waals surface area contributed by atoms with E-state index >= 15 is 0 Å². The first kappa shape index (κ1) is 6.33. The monoisotopic (exact) mass is 126 g/mol. The lowest BCUT2D eigenvalue weighted by atomic mass is 10.2. The van der Waals surface area contributed by atoms with Gasteiger partial charge in [0.25, 0.3) is 0 Å². The molecule has 9 heavy (non-hydrogen) atoms. The molecular formula is C7H10O2. The third-order valence-electron chi connectivity index (χ3n) is 1.42. The minimum Gasteiger partial charge on any atom is -0.869 e. The Hall–Kier alpha value is -0.790. The average molecular weight is 126 g/mol. The highest BCUT2D eigenvalue weighted by molar-refractivity contribution is 5.76. The van der Waals surface area contributed by atoms with Gasteiger partial charge in [0.1, 0.15) is 0 Å². The van der Waals surface area contributed by atoms with Crippen LogP contribution in [0.5, 0.6) is 0 Å². The van der Waals surface area contributed by atoms with Gasteiger partial charge in [-0.3, -0.25) is 0 Å². The fourth-order valence-corrected chi connectivity index (χ4v) is 0.835. The number of carbonyl (C=O) groups excluding carboxylic acids is 1. The lowest BCUT2D eigenvalue weighted by Gasteiger charge is -2.08. The topological polar surface area (TPSA) is 34.4 Å². The molecule has 0 atom stereocenters. The zero-order valence-corrected chi connectivity index (χ0v) is 5.73. The number of hydrogen-bond acceptors (Lipinski definition) is 1. The van der Waals surface area contributed by atoms with E-state index in [0.29, 0.717) is 12.2 Å². The molecule has 0 bridgehead atoms. The summed E-state index contributed by atoms with van der Waals surface area (Å²) in [7, 11) is 0. The van der Waals surface area contributed by atoms with Crippen LogP contribution >= 0.6 is 0 Å². The molecule has 50 valence electrons. The SMILES string of the molecule is CC1=[O+]C(C)=C([O-])CC1. The van der Waals surface area contributed by atoms with Gasteiger partial charge in [-0.1, -0.05) is 0 Å². The molecule has 2 heteroatoms. The third-order valence-corrected chi connectivity index (χ3v) is 1.42. The van der Waals surface area contributed by atoms with Crippen LogP contribution in [-0.2, 0) is 4.42 Å². The van der Waals surface area contributed by atoms with Crippen LogP contribution in [0, 0.1) is 0 Å². The molecule has 0 saturated heterocycles. The predicted octanol–water partition coefficient (Wildman–Crippen LogP) is 0.497. The molecule has 0 aromatic rings. The summed E-state index contributed by atoms with van der Waals surface area (Å²) in [5, 5.41) is 10.8. The third kappa shape index (κ3) is 1.31. The van der Waals surface area contributed by atoms with Crippen molar-refractivity contribution in [2.24, 2.45) is 0 Å². The first-order chi connectivity index (χ1) is 4.20. The summed E-state index contributed by atoms with van der Waals surface area (Å²) in [6.45, 7) is 3.61. The van der Waals surface area contributed by atoms with E-state index in [4.69, 9.17) is 4.42 Å². The molecule has 2 nitrogen and oxygen atoms in total. The molecule has 0 amide bonds. The number of allylic oxidation sites excluding steroid dienone is 2. The number of hydrogen-bond donors (Lipinski definition) is 0. The van der Waals surface area contributed by atoms with E-state index in [9.17, 15) is 5.11 Å². The van der Waals surface area contributed by atoms with Gasteiger partial charge in [0.2, 0.25) is 0 Å². The molecule has 1 heterocycles. The van der Waals surface area contributed by atoms with Crippen LogP contribution in [0.2, 0.25) is 0 Å². The van der Waals surface area contributed by atoms with Crippen molar-refractivity contribution in [2.75, 3.05) is 0 Å². The average Bonchev–Trinajstić information content (AvgIpc) is 1.80. The van der Waals surface area contributed by atoms with Crippen LogP contribution < -0.4 is 5.11 Å². The van der Waals surface area contributed by atoms with E-state index in [2.05, 4.69) is 0 Å². The van der Waals surface area contributed by atoms with Crippen molar-refractivity contribution >= 4 is 5.78 Å². The Bertz CT molecular complexity index is 177. The Morgan fingerprint density at radius 3 is 2.44 bits per heavy atom. The van der Waals surface area contributed by atoms with E-state index in [1.54, 1.807) is 6.92 Å². The van der Waals surface area contributed by atoms with Crippen LogP contribution in [0.25, 0.3) is 0 Å². The predicted molar refractivity (Wildman–Crippen MR) is 32.6 cm³/mol. The fourth-order valence-electron chi connectivity index (χ4n) is 0.835. The van der Waals surface area contributed by atoms with E-state index in [-0.39, 0.29) is 5.76 Å². The van der Waals surface area contributed by atoms with E-state index in [1.165, 1.54) is 0 Å².